The maximum atomic E-state index is 2.50. The molecule has 3 rings (SSSR count). The molecule has 0 radical (unpaired) electrons. The van der Waals surface area contributed by atoms with Crippen molar-refractivity contribution in [2.75, 3.05) is 0 Å². The van der Waals surface area contributed by atoms with E-state index >= 15 is 0 Å². The summed E-state index contributed by atoms with van der Waals surface area (Å²) in [6, 6.07) is 9.01. The van der Waals surface area contributed by atoms with E-state index in [1.807, 2.05) is 0 Å². The van der Waals surface area contributed by atoms with Crippen LogP contribution < -0.4 is 0 Å². The standard InChI is InChI=1S/C14H18/c1-14(9-5-2-6-10-14)13-11-7-3-4-8-12(11)13/h3-4,7-8,13H,2,5-6,9-10H2,1H3. The highest BCUT2D eigenvalue weighted by Crippen LogP contribution is 2.59. The Morgan fingerprint density at radius 2 is 1.57 bits per heavy atom. The topological polar surface area (TPSA) is 0 Å². The number of benzene rings is 1. The van der Waals surface area contributed by atoms with Crippen LogP contribution in [0.5, 0.6) is 0 Å². The number of hydrogen-bond acceptors (Lipinski definition) is 0. The molecule has 0 bridgehead atoms. The summed E-state index contributed by atoms with van der Waals surface area (Å²) in [5.74, 6) is 0.817. The average Bonchev–Trinajstić information content (AvgIpc) is 2.93. The van der Waals surface area contributed by atoms with Gasteiger partial charge in [0.1, 0.15) is 0 Å². The third-order valence-corrected chi connectivity index (χ3v) is 4.23. The van der Waals surface area contributed by atoms with Gasteiger partial charge in [0.2, 0.25) is 0 Å². The Hall–Kier alpha value is -0.780. The molecule has 1 saturated carbocycles. The summed E-state index contributed by atoms with van der Waals surface area (Å²) in [6.45, 7) is 2.50. The predicted molar refractivity (Wildman–Crippen MR) is 59.5 cm³/mol. The quantitative estimate of drug-likeness (QED) is 0.619. The van der Waals surface area contributed by atoms with Gasteiger partial charge in [0.05, 0.1) is 0 Å². The molecule has 0 saturated heterocycles. The molecule has 2 aliphatic rings. The lowest BCUT2D eigenvalue weighted by molar-refractivity contribution is 0.208. The minimum absolute atomic E-state index is 0.599. The van der Waals surface area contributed by atoms with Gasteiger partial charge in [0.15, 0.2) is 0 Å². The summed E-state index contributed by atoms with van der Waals surface area (Å²) in [7, 11) is 0. The summed E-state index contributed by atoms with van der Waals surface area (Å²) >= 11 is 0. The van der Waals surface area contributed by atoms with Gasteiger partial charge >= 0.3 is 0 Å². The van der Waals surface area contributed by atoms with Gasteiger partial charge in [-0.2, -0.15) is 0 Å². The Kier molecular flexibility index (Phi) is 1.74. The van der Waals surface area contributed by atoms with Crippen LogP contribution >= 0.6 is 0 Å². The van der Waals surface area contributed by atoms with Crippen molar-refractivity contribution in [2.24, 2.45) is 5.41 Å². The van der Waals surface area contributed by atoms with Gasteiger partial charge in [-0.1, -0.05) is 50.5 Å². The highest BCUT2D eigenvalue weighted by Gasteiger charge is 2.46. The lowest BCUT2D eigenvalue weighted by atomic mass is 9.71. The van der Waals surface area contributed by atoms with Gasteiger partial charge < -0.3 is 0 Å². The molecule has 0 amide bonds. The van der Waals surface area contributed by atoms with E-state index in [-0.39, 0.29) is 0 Å². The number of rotatable bonds is 1. The van der Waals surface area contributed by atoms with Crippen LogP contribution in [0.2, 0.25) is 0 Å². The minimum Gasteiger partial charge on any atom is -0.0620 e. The average molecular weight is 186 g/mol. The molecule has 1 aromatic carbocycles. The molecule has 0 heterocycles. The first-order chi connectivity index (χ1) is 6.81. The van der Waals surface area contributed by atoms with Crippen LogP contribution in [0, 0.1) is 5.41 Å². The van der Waals surface area contributed by atoms with Crippen molar-refractivity contribution in [1.29, 1.82) is 0 Å². The van der Waals surface area contributed by atoms with Gasteiger partial charge in [-0.15, -0.1) is 0 Å². The lowest BCUT2D eigenvalue weighted by Gasteiger charge is -2.34. The predicted octanol–water partition coefficient (Wildman–Crippen LogP) is 4.10. The summed E-state index contributed by atoms with van der Waals surface area (Å²) in [5.41, 5.74) is 3.87. The van der Waals surface area contributed by atoms with Gasteiger partial charge in [-0.05, 0) is 29.4 Å². The van der Waals surface area contributed by atoms with E-state index in [0.29, 0.717) is 5.41 Å². The Bertz CT molecular complexity index is 322. The molecule has 0 heteroatoms. The van der Waals surface area contributed by atoms with Gasteiger partial charge in [0.25, 0.3) is 0 Å². The molecular formula is C14H18. The van der Waals surface area contributed by atoms with Gasteiger partial charge in [-0.25, -0.2) is 0 Å². The van der Waals surface area contributed by atoms with Crippen LogP contribution in [-0.4, -0.2) is 0 Å². The molecule has 1 aromatic rings. The molecule has 0 nitrogen and oxygen atoms in total. The third kappa shape index (κ3) is 1.13. The lowest BCUT2D eigenvalue weighted by Crippen LogP contribution is -2.21. The van der Waals surface area contributed by atoms with Crippen molar-refractivity contribution in [3.8, 4) is 0 Å². The fourth-order valence-corrected chi connectivity index (χ4v) is 3.36. The smallest absolute Gasteiger partial charge is 0.0149 e. The van der Waals surface area contributed by atoms with Gasteiger partial charge in [-0.3, -0.25) is 0 Å². The van der Waals surface area contributed by atoms with Crippen LogP contribution in [-0.2, 0) is 0 Å². The monoisotopic (exact) mass is 186 g/mol. The number of hydrogen-bond donors (Lipinski definition) is 0. The Balaban J connectivity index is 1.85. The van der Waals surface area contributed by atoms with Crippen LogP contribution in [0.4, 0.5) is 0 Å². The van der Waals surface area contributed by atoms with Crippen LogP contribution in [0.15, 0.2) is 24.3 Å². The molecule has 0 spiro atoms. The summed E-state index contributed by atoms with van der Waals surface area (Å²) < 4.78 is 0. The molecular weight excluding hydrogens is 168 g/mol. The van der Waals surface area contributed by atoms with Crippen molar-refractivity contribution in [1.82, 2.24) is 0 Å². The van der Waals surface area contributed by atoms with E-state index in [4.69, 9.17) is 0 Å². The highest BCUT2D eigenvalue weighted by molar-refractivity contribution is 5.54. The first kappa shape index (κ1) is 8.52. The molecule has 0 aliphatic heterocycles. The molecule has 0 aromatic heterocycles. The Morgan fingerprint density at radius 3 is 2.14 bits per heavy atom. The minimum atomic E-state index is 0.599. The molecule has 74 valence electrons. The van der Waals surface area contributed by atoms with Crippen molar-refractivity contribution in [2.45, 2.75) is 44.9 Å². The first-order valence-corrected chi connectivity index (χ1v) is 5.90. The van der Waals surface area contributed by atoms with E-state index in [2.05, 4.69) is 31.2 Å². The van der Waals surface area contributed by atoms with E-state index < -0.39 is 0 Å². The molecule has 2 aliphatic carbocycles. The first-order valence-electron chi connectivity index (χ1n) is 5.90. The molecule has 0 atom stereocenters. The maximum absolute atomic E-state index is 2.50. The van der Waals surface area contributed by atoms with Crippen LogP contribution in [0.3, 0.4) is 0 Å². The third-order valence-electron chi connectivity index (χ3n) is 4.23. The molecule has 1 fully saturated rings. The number of fused-ring (bicyclic) bond motifs is 1. The second-order valence-corrected chi connectivity index (χ2v) is 5.28. The van der Waals surface area contributed by atoms with E-state index in [1.54, 1.807) is 11.1 Å². The maximum Gasteiger partial charge on any atom is 0.0149 e. The molecule has 0 N–H and O–H groups in total. The zero-order valence-corrected chi connectivity index (χ0v) is 8.92. The highest BCUT2D eigenvalue weighted by atomic mass is 14.5. The van der Waals surface area contributed by atoms with Gasteiger partial charge in [0, 0.05) is 5.92 Å². The van der Waals surface area contributed by atoms with E-state index in [1.165, 1.54) is 32.1 Å². The fraction of sp³-hybridized carbons (Fsp3) is 0.571. The molecule has 0 unspecified atom stereocenters. The zero-order chi connectivity index (χ0) is 9.60. The van der Waals surface area contributed by atoms with Crippen LogP contribution in [0.1, 0.15) is 56.1 Å². The van der Waals surface area contributed by atoms with Crippen molar-refractivity contribution in [3.63, 3.8) is 0 Å². The second kappa shape index (κ2) is 2.85. The Morgan fingerprint density at radius 1 is 1.00 bits per heavy atom. The normalized spacial score (nSPS) is 24.4. The SMILES string of the molecule is CC1(C2c3ccccc32)CCCCC1. The summed E-state index contributed by atoms with van der Waals surface area (Å²) in [6.07, 6.45) is 7.22. The Labute approximate surface area is 86.3 Å². The van der Waals surface area contributed by atoms with Crippen molar-refractivity contribution >= 4 is 0 Å². The van der Waals surface area contributed by atoms with Crippen molar-refractivity contribution in [3.05, 3.63) is 35.4 Å². The molecule has 14 heavy (non-hydrogen) atoms. The zero-order valence-electron chi connectivity index (χ0n) is 8.92. The second-order valence-electron chi connectivity index (χ2n) is 5.28. The fourth-order valence-electron chi connectivity index (χ4n) is 3.36. The largest absolute Gasteiger partial charge is 0.0620 e. The van der Waals surface area contributed by atoms with E-state index in [9.17, 15) is 0 Å². The summed E-state index contributed by atoms with van der Waals surface area (Å²) in [4.78, 5) is 0. The van der Waals surface area contributed by atoms with E-state index in [0.717, 1.165) is 5.92 Å². The van der Waals surface area contributed by atoms with Crippen LogP contribution in [0.25, 0.3) is 0 Å². The summed E-state index contributed by atoms with van der Waals surface area (Å²) in [5, 5.41) is 0. The van der Waals surface area contributed by atoms with Crippen molar-refractivity contribution < 1.29 is 0 Å².